The van der Waals surface area contributed by atoms with Gasteiger partial charge in [0.2, 0.25) is 23.6 Å². The molecule has 55 heavy (non-hydrogen) atoms. The number of hydrogen-bond acceptors (Lipinski definition) is 10. The summed E-state index contributed by atoms with van der Waals surface area (Å²) < 4.78 is 11.0. The molecule has 0 radical (unpaired) electrons. The third-order valence-corrected chi connectivity index (χ3v) is 7.57. The van der Waals surface area contributed by atoms with Crippen LogP contribution in [0.25, 0.3) is 10.4 Å². The first-order valence-corrected chi connectivity index (χ1v) is 17.8. The van der Waals surface area contributed by atoms with E-state index in [9.17, 15) is 29.1 Å². The van der Waals surface area contributed by atoms with Crippen LogP contribution in [0.15, 0.2) is 72.2 Å². The minimum Gasteiger partial charge on any atom is -0.489 e. The minimum absolute atomic E-state index is 0.0196. The van der Waals surface area contributed by atoms with Gasteiger partial charge in [0.15, 0.2) is 0 Å². The highest BCUT2D eigenvalue weighted by Gasteiger charge is 2.31. The Morgan fingerprint density at radius 1 is 0.927 bits per heavy atom. The number of carboxylic acids is 1. The maximum Gasteiger partial charge on any atom is 0.305 e. The molecule has 1 aromatic heterocycles. The van der Waals surface area contributed by atoms with E-state index in [0.29, 0.717) is 18.9 Å². The SMILES string of the molecule is CC(=O)N[C@@H](Cc1ccc(OCc2ccccc2)cc1)C(=O)N[C@H](CC(C)C)C(=O)N[C@@H](CC(=O)O)C(=O)NCCOCCN=[N+]=[N-].NCCc1cnc[nH]1. The fraction of sp³-hybridized carbons (Fsp3) is 0.459. The molecular weight excluding hydrogens is 712 g/mol. The number of amides is 4. The number of aliphatic carboxylic acids is 1. The van der Waals surface area contributed by atoms with Crippen LogP contribution in [-0.4, -0.2) is 95.6 Å². The van der Waals surface area contributed by atoms with E-state index >= 15 is 0 Å². The normalized spacial score (nSPS) is 12.1. The van der Waals surface area contributed by atoms with Crippen LogP contribution >= 0.6 is 0 Å². The number of rotatable bonds is 23. The van der Waals surface area contributed by atoms with Gasteiger partial charge >= 0.3 is 5.97 Å². The van der Waals surface area contributed by atoms with Crippen LogP contribution in [0.3, 0.4) is 0 Å². The predicted octanol–water partition coefficient (Wildman–Crippen LogP) is 2.16. The second-order valence-corrected chi connectivity index (χ2v) is 12.7. The van der Waals surface area contributed by atoms with Gasteiger partial charge in [0.05, 0.1) is 26.0 Å². The van der Waals surface area contributed by atoms with E-state index in [1.807, 2.05) is 44.2 Å². The molecule has 18 heteroatoms. The monoisotopic (exact) mass is 764 g/mol. The van der Waals surface area contributed by atoms with Crippen molar-refractivity contribution in [2.45, 2.75) is 71.2 Å². The Kier molecular flexibility index (Phi) is 21.3. The number of imidazole rings is 1. The Hall–Kier alpha value is -5.97. The number of azide groups is 1. The molecule has 0 aliphatic heterocycles. The number of aromatic nitrogens is 2. The van der Waals surface area contributed by atoms with Crippen LogP contribution in [0.4, 0.5) is 0 Å². The van der Waals surface area contributed by atoms with Gasteiger partial charge < -0.3 is 46.6 Å². The number of carbonyl (C=O) groups is 5. The van der Waals surface area contributed by atoms with Crippen molar-refractivity contribution in [3.8, 4) is 5.75 Å². The fourth-order valence-electron chi connectivity index (χ4n) is 4.98. The summed E-state index contributed by atoms with van der Waals surface area (Å²) in [4.78, 5) is 72.3. The fourth-order valence-corrected chi connectivity index (χ4v) is 4.98. The molecule has 1 heterocycles. The lowest BCUT2D eigenvalue weighted by atomic mass is 10.0. The molecule has 3 rings (SSSR count). The first-order valence-electron chi connectivity index (χ1n) is 17.8. The summed E-state index contributed by atoms with van der Waals surface area (Å²) in [7, 11) is 0. The highest BCUT2D eigenvalue weighted by atomic mass is 16.5. The Morgan fingerprint density at radius 3 is 2.22 bits per heavy atom. The number of carboxylic acid groups (broad SMARTS) is 1. The van der Waals surface area contributed by atoms with Crippen molar-refractivity contribution in [2.75, 3.05) is 32.8 Å². The molecule has 0 saturated carbocycles. The van der Waals surface area contributed by atoms with Gasteiger partial charge in [-0.1, -0.05) is 61.4 Å². The van der Waals surface area contributed by atoms with Gasteiger partial charge in [-0.15, -0.1) is 0 Å². The summed E-state index contributed by atoms with van der Waals surface area (Å²) in [6.45, 7) is 6.36. The Balaban J connectivity index is 0.00000115. The van der Waals surface area contributed by atoms with Crippen molar-refractivity contribution < 1.29 is 38.6 Å². The molecule has 2 aromatic carbocycles. The first kappa shape index (κ1) is 45.2. The van der Waals surface area contributed by atoms with E-state index in [2.05, 4.69) is 41.3 Å². The van der Waals surface area contributed by atoms with Crippen LogP contribution < -0.4 is 31.7 Å². The summed E-state index contributed by atoms with van der Waals surface area (Å²) in [5.74, 6) is -3.32. The number of hydrogen-bond donors (Lipinski definition) is 7. The van der Waals surface area contributed by atoms with Crippen molar-refractivity contribution >= 4 is 29.6 Å². The van der Waals surface area contributed by atoms with Crippen molar-refractivity contribution in [3.05, 3.63) is 94.4 Å². The van der Waals surface area contributed by atoms with Gasteiger partial charge in [0.25, 0.3) is 0 Å². The van der Waals surface area contributed by atoms with Crippen LogP contribution in [0, 0.1) is 5.92 Å². The summed E-state index contributed by atoms with van der Waals surface area (Å²) >= 11 is 0. The number of H-pyrrole nitrogens is 1. The Labute approximate surface area is 320 Å². The molecule has 0 saturated heterocycles. The van der Waals surface area contributed by atoms with Gasteiger partial charge in [-0.3, -0.25) is 24.0 Å². The van der Waals surface area contributed by atoms with Crippen molar-refractivity contribution in [1.29, 1.82) is 0 Å². The van der Waals surface area contributed by atoms with Crippen LogP contribution in [0.2, 0.25) is 0 Å². The maximum absolute atomic E-state index is 13.4. The van der Waals surface area contributed by atoms with E-state index in [4.69, 9.17) is 20.7 Å². The largest absolute Gasteiger partial charge is 0.489 e. The van der Waals surface area contributed by atoms with Crippen LogP contribution in [0.5, 0.6) is 5.75 Å². The molecule has 3 aromatic rings. The van der Waals surface area contributed by atoms with E-state index in [-0.39, 0.29) is 45.1 Å². The van der Waals surface area contributed by atoms with E-state index in [0.717, 1.165) is 23.2 Å². The standard InChI is InChI=1S/C32H43N7O8.C5H9N3/c1-21(2)17-26(31(44)38-28(19-29(41)42)30(43)34-13-15-46-16-14-35-39-33)37-32(45)27(36-22(3)40)18-23-9-11-25(12-10-23)47-20-24-7-5-4-6-8-24;6-2-1-5-3-7-4-8-5/h4-12,21,26-28H,13-20H2,1-3H3,(H,34,43)(H,36,40)(H,37,45)(H,38,44)(H,41,42);3-4H,1-2,6H2,(H,7,8)/t26-,27+,28+;/m1./s1. The number of nitrogens with one attached hydrogen (secondary N) is 5. The lowest BCUT2D eigenvalue weighted by molar-refractivity contribution is -0.141. The summed E-state index contributed by atoms with van der Waals surface area (Å²) in [5.41, 5.74) is 16.4. The number of carbonyl (C=O) groups excluding carboxylic acids is 4. The lowest BCUT2D eigenvalue weighted by Gasteiger charge is -2.26. The third-order valence-electron chi connectivity index (χ3n) is 7.57. The molecule has 0 bridgehead atoms. The number of benzene rings is 2. The second kappa shape index (κ2) is 25.9. The average molecular weight is 765 g/mol. The third kappa shape index (κ3) is 19.6. The van der Waals surface area contributed by atoms with Crippen LogP contribution in [0.1, 0.15) is 50.4 Å². The molecule has 0 aliphatic rings. The molecule has 8 N–H and O–H groups in total. The molecular formula is C37H52N10O8. The molecule has 0 fully saturated rings. The molecule has 0 aliphatic carbocycles. The highest BCUT2D eigenvalue weighted by Crippen LogP contribution is 2.16. The predicted molar refractivity (Wildman–Crippen MR) is 203 cm³/mol. The molecule has 298 valence electrons. The smallest absolute Gasteiger partial charge is 0.305 e. The van der Waals surface area contributed by atoms with Gasteiger partial charge in [-0.05, 0) is 47.7 Å². The second-order valence-electron chi connectivity index (χ2n) is 12.7. The molecule has 0 unspecified atom stereocenters. The number of nitrogens with two attached hydrogens (primary N) is 1. The van der Waals surface area contributed by atoms with Crippen molar-refractivity contribution in [1.82, 2.24) is 31.2 Å². The number of aromatic amines is 1. The van der Waals surface area contributed by atoms with E-state index < -0.39 is 54.1 Å². The Bertz CT molecular complexity index is 1650. The zero-order chi connectivity index (χ0) is 40.4. The number of nitrogens with zero attached hydrogens (tertiary/aromatic N) is 4. The zero-order valence-electron chi connectivity index (χ0n) is 31.4. The number of ether oxygens (including phenoxy) is 2. The minimum atomic E-state index is -1.43. The highest BCUT2D eigenvalue weighted by molar-refractivity contribution is 5.95. The van der Waals surface area contributed by atoms with Crippen molar-refractivity contribution in [2.24, 2.45) is 16.8 Å². The van der Waals surface area contributed by atoms with Gasteiger partial charge in [-0.25, -0.2) is 4.98 Å². The van der Waals surface area contributed by atoms with Gasteiger partial charge in [0.1, 0.15) is 30.5 Å². The summed E-state index contributed by atoms with van der Waals surface area (Å²) in [6, 6.07) is 13.2. The summed E-state index contributed by atoms with van der Waals surface area (Å²) in [6.07, 6.45) is 3.93. The van der Waals surface area contributed by atoms with Gasteiger partial charge in [0, 0.05) is 49.7 Å². The van der Waals surface area contributed by atoms with E-state index in [1.165, 1.54) is 6.92 Å². The molecule has 4 amide bonds. The van der Waals surface area contributed by atoms with E-state index in [1.54, 1.807) is 36.8 Å². The quantitative estimate of drug-likeness (QED) is 0.0320. The average Bonchev–Trinajstić information content (AvgIpc) is 3.67. The molecule has 18 nitrogen and oxygen atoms in total. The van der Waals surface area contributed by atoms with Crippen LogP contribution in [-0.2, 0) is 48.2 Å². The molecule has 0 spiro atoms. The van der Waals surface area contributed by atoms with Gasteiger partial charge in [-0.2, -0.15) is 0 Å². The Morgan fingerprint density at radius 2 is 1.62 bits per heavy atom. The molecule has 3 atom stereocenters. The summed E-state index contributed by atoms with van der Waals surface area (Å²) in [5, 5.41) is 22.9. The zero-order valence-corrected chi connectivity index (χ0v) is 31.4. The van der Waals surface area contributed by atoms with Crippen molar-refractivity contribution in [3.63, 3.8) is 0 Å². The first-order chi connectivity index (χ1) is 26.4. The maximum atomic E-state index is 13.4. The topological polar surface area (TPSA) is 276 Å². The lowest BCUT2D eigenvalue weighted by Crippen LogP contribution is -2.57.